The molecule has 0 N–H and O–H groups in total. The van der Waals surface area contributed by atoms with Crippen LogP contribution in [0.15, 0.2) is 51.9 Å². The third-order valence-electron chi connectivity index (χ3n) is 6.56. The number of halogens is 3. The summed E-state index contributed by atoms with van der Waals surface area (Å²) in [7, 11) is -1.70. The predicted octanol–water partition coefficient (Wildman–Crippen LogP) is 3.86. The summed E-state index contributed by atoms with van der Waals surface area (Å²) in [5.41, 5.74) is 0.914. The van der Waals surface area contributed by atoms with Gasteiger partial charge in [-0.1, -0.05) is 40.2 Å². The summed E-state index contributed by atoms with van der Waals surface area (Å²) in [5, 5.41) is 0. The second-order valence-electron chi connectivity index (χ2n) is 9.07. The number of alkyl halides is 2. The largest absolute Gasteiger partial charge is 0.335 e. The fourth-order valence-electron chi connectivity index (χ4n) is 4.74. The minimum atomic E-state index is -2.53. The average molecular weight is 556 g/mol. The molecule has 6 nitrogen and oxygen atoms in total. The Morgan fingerprint density at radius 3 is 2.53 bits per heavy atom. The maximum atomic E-state index is 13.6. The van der Waals surface area contributed by atoms with Gasteiger partial charge in [0.05, 0.1) is 6.54 Å². The van der Waals surface area contributed by atoms with Gasteiger partial charge in [0.25, 0.3) is 0 Å². The Balaban J connectivity index is 1.65. The molecule has 184 valence electrons. The van der Waals surface area contributed by atoms with Gasteiger partial charge in [0.15, 0.2) is 0 Å². The van der Waals surface area contributed by atoms with Crippen molar-refractivity contribution in [3.05, 3.63) is 57.4 Å². The van der Waals surface area contributed by atoms with E-state index in [4.69, 9.17) is 0 Å². The van der Waals surface area contributed by atoms with E-state index in [1.54, 1.807) is 20.2 Å². The molecule has 0 saturated carbocycles. The molecule has 0 spiro atoms. The van der Waals surface area contributed by atoms with Crippen LogP contribution in [0.3, 0.4) is 0 Å². The highest BCUT2D eigenvalue weighted by Crippen LogP contribution is 2.33. The van der Waals surface area contributed by atoms with Crippen LogP contribution < -0.4 is 0 Å². The Morgan fingerprint density at radius 1 is 1.18 bits per heavy atom. The molecule has 0 aromatic heterocycles. The minimum absolute atomic E-state index is 0.00703. The first-order valence-corrected chi connectivity index (χ1v) is 13.3. The van der Waals surface area contributed by atoms with E-state index in [-0.39, 0.29) is 43.8 Å². The molecular formula is C24H28BrF2N3O3S. The lowest BCUT2D eigenvalue weighted by atomic mass is 9.97. The fourth-order valence-corrected chi connectivity index (χ4v) is 6.48. The van der Waals surface area contributed by atoms with E-state index < -0.39 is 35.5 Å². The van der Waals surface area contributed by atoms with Crippen molar-refractivity contribution in [3.8, 4) is 0 Å². The van der Waals surface area contributed by atoms with Crippen molar-refractivity contribution in [2.75, 3.05) is 13.1 Å². The topological polar surface area (TPSA) is 60.9 Å². The van der Waals surface area contributed by atoms with Crippen molar-refractivity contribution < 1.29 is 22.6 Å². The lowest BCUT2D eigenvalue weighted by Crippen LogP contribution is -2.71. The molecule has 0 bridgehead atoms. The van der Waals surface area contributed by atoms with Crippen LogP contribution in [-0.2, 0) is 27.0 Å². The average Bonchev–Trinajstić information content (AvgIpc) is 2.81. The smallest absolute Gasteiger partial charge is 0.246 e. The Morgan fingerprint density at radius 2 is 1.88 bits per heavy atom. The zero-order chi connectivity index (χ0) is 24.6. The van der Waals surface area contributed by atoms with Crippen molar-refractivity contribution in [1.29, 1.82) is 0 Å². The summed E-state index contributed by atoms with van der Waals surface area (Å²) in [6, 6.07) is 6.78. The summed E-state index contributed by atoms with van der Waals surface area (Å²) in [4.78, 5) is 30.3. The van der Waals surface area contributed by atoms with Crippen LogP contribution in [0, 0.1) is 5.92 Å². The van der Waals surface area contributed by atoms with Gasteiger partial charge in [0, 0.05) is 40.7 Å². The number of carbonyl (C=O) groups is 2. The molecule has 1 aromatic rings. The molecule has 3 unspecified atom stereocenters. The highest BCUT2D eigenvalue weighted by molar-refractivity contribution is 9.10. The molecule has 4 atom stereocenters. The van der Waals surface area contributed by atoms with Gasteiger partial charge < -0.3 is 9.80 Å². The van der Waals surface area contributed by atoms with Gasteiger partial charge in [0.2, 0.25) is 18.2 Å². The van der Waals surface area contributed by atoms with Crippen LogP contribution in [0.4, 0.5) is 8.78 Å². The lowest BCUT2D eigenvalue weighted by Gasteiger charge is -2.52. The highest BCUT2D eigenvalue weighted by atomic mass is 79.9. The Bertz CT molecular complexity index is 1030. The summed E-state index contributed by atoms with van der Waals surface area (Å²) in [6.07, 6.45) is 1.95. The van der Waals surface area contributed by atoms with E-state index in [0.29, 0.717) is 11.3 Å². The minimum Gasteiger partial charge on any atom is -0.335 e. The van der Waals surface area contributed by atoms with Crippen LogP contribution in [0.1, 0.15) is 32.3 Å². The highest BCUT2D eigenvalue weighted by Gasteiger charge is 2.49. The second kappa shape index (κ2) is 10.4. The Hall–Kier alpha value is -1.91. The van der Waals surface area contributed by atoms with Gasteiger partial charge in [-0.2, -0.15) is 4.31 Å². The van der Waals surface area contributed by atoms with Gasteiger partial charge in [-0.05, 0) is 44.0 Å². The van der Waals surface area contributed by atoms with Gasteiger partial charge in [-0.3, -0.25) is 9.59 Å². The number of nitrogens with zero attached hydrogens (tertiary/aromatic N) is 3. The molecule has 2 fully saturated rings. The molecule has 10 heteroatoms. The van der Waals surface area contributed by atoms with Gasteiger partial charge >= 0.3 is 0 Å². The number of benzene rings is 1. The van der Waals surface area contributed by atoms with Crippen molar-refractivity contribution in [1.82, 2.24) is 14.1 Å². The van der Waals surface area contributed by atoms with Crippen molar-refractivity contribution in [2.45, 2.75) is 57.8 Å². The molecule has 2 saturated heterocycles. The lowest BCUT2D eigenvalue weighted by molar-refractivity contribution is -0.166. The predicted molar refractivity (Wildman–Crippen MR) is 130 cm³/mol. The normalized spacial score (nSPS) is 26.8. The van der Waals surface area contributed by atoms with E-state index in [0.717, 1.165) is 10.0 Å². The molecule has 0 radical (unpaired) electrons. The van der Waals surface area contributed by atoms with E-state index >= 15 is 0 Å². The van der Waals surface area contributed by atoms with Crippen molar-refractivity contribution in [2.24, 2.45) is 5.92 Å². The number of allylic oxidation sites excluding steroid dienone is 4. The molecule has 2 amide bonds. The van der Waals surface area contributed by atoms with Crippen molar-refractivity contribution in [3.63, 3.8) is 0 Å². The van der Waals surface area contributed by atoms with Gasteiger partial charge in [0.1, 0.15) is 23.2 Å². The molecule has 4 rings (SSSR count). The molecule has 3 aliphatic rings. The number of amides is 2. The van der Waals surface area contributed by atoms with Gasteiger partial charge in [-0.15, -0.1) is 0 Å². The van der Waals surface area contributed by atoms with Crippen LogP contribution in [-0.4, -0.2) is 67.9 Å². The summed E-state index contributed by atoms with van der Waals surface area (Å²) >= 11 is 3.41. The first-order chi connectivity index (χ1) is 16.2. The number of rotatable bonds is 6. The maximum Gasteiger partial charge on any atom is 0.246 e. The summed E-state index contributed by atoms with van der Waals surface area (Å²) in [5.74, 6) is -1.26. The van der Waals surface area contributed by atoms with Crippen LogP contribution in [0.5, 0.6) is 0 Å². The number of hydrogen-bond acceptors (Lipinski definition) is 3. The Labute approximate surface area is 209 Å². The molecule has 1 aromatic carbocycles. The summed E-state index contributed by atoms with van der Waals surface area (Å²) in [6.45, 7) is 4.31. The number of hydrogen-bond donors (Lipinski definition) is 0. The second-order valence-corrected chi connectivity index (χ2v) is 11.5. The number of fused-ring (bicyclic) bond motifs is 1. The molecule has 2 aliphatic heterocycles. The fraction of sp³-hybridized carbons (Fsp3) is 0.500. The first-order valence-electron chi connectivity index (χ1n) is 11.4. The quantitative estimate of drug-likeness (QED) is 0.535. The first kappa shape index (κ1) is 25.2. The standard InChI is InChI=1S/C24H28BrF2N3O3S/c1-15(2)28-14-21-29(34(33)19-5-3-4-17(13-19)23(26)27)11-10-22(31)30(21)20(24(28)32)12-16-6-8-18(25)9-7-16/h3-9,15,17,20-21,23H,10-14H2,1-2H3/t17?,20-,21?,34?/m0/s1. The number of piperazine rings is 1. The summed E-state index contributed by atoms with van der Waals surface area (Å²) < 4.78 is 42.8. The molecule has 1 aliphatic carbocycles. The van der Waals surface area contributed by atoms with Crippen molar-refractivity contribution >= 4 is 38.7 Å². The Kier molecular flexibility index (Phi) is 7.69. The SMILES string of the molecule is CC(C)N1CC2N(C(=O)CCN2S(=O)C2=CC=CC(C(F)F)C2)[C@@H](Cc2ccc(Br)cc2)C1=O. The van der Waals surface area contributed by atoms with E-state index in [1.165, 1.54) is 12.2 Å². The molecular weight excluding hydrogens is 528 g/mol. The van der Waals surface area contributed by atoms with Crippen LogP contribution >= 0.6 is 15.9 Å². The van der Waals surface area contributed by atoms with E-state index in [1.807, 2.05) is 38.1 Å². The van der Waals surface area contributed by atoms with Crippen LogP contribution in [0.2, 0.25) is 0 Å². The zero-order valence-electron chi connectivity index (χ0n) is 19.1. The molecule has 2 heterocycles. The molecule has 34 heavy (non-hydrogen) atoms. The third kappa shape index (κ3) is 5.04. The van der Waals surface area contributed by atoms with E-state index in [9.17, 15) is 22.6 Å². The van der Waals surface area contributed by atoms with E-state index in [2.05, 4.69) is 15.9 Å². The van der Waals surface area contributed by atoms with Gasteiger partial charge in [-0.25, -0.2) is 13.0 Å². The third-order valence-corrected chi connectivity index (χ3v) is 8.69. The maximum absolute atomic E-state index is 13.6. The zero-order valence-corrected chi connectivity index (χ0v) is 21.5. The number of carbonyl (C=O) groups excluding carboxylic acids is 2. The van der Waals surface area contributed by atoms with Crippen LogP contribution in [0.25, 0.3) is 0 Å². The monoisotopic (exact) mass is 555 g/mol.